The maximum atomic E-state index is 9.00. The lowest BCUT2D eigenvalue weighted by Gasteiger charge is -2.10. The van der Waals surface area contributed by atoms with E-state index in [0.717, 1.165) is 29.3 Å². The van der Waals surface area contributed by atoms with E-state index in [1.807, 2.05) is 37.3 Å². The minimum Gasteiger partial charge on any atom is -0.340 e. The topological polar surface area (TPSA) is 73.6 Å². The van der Waals surface area contributed by atoms with Crippen LogP contribution in [0, 0.1) is 18.3 Å². The van der Waals surface area contributed by atoms with Gasteiger partial charge in [-0.05, 0) is 49.2 Å². The lowest BCUT2D eigenvalue weighted by molar-refractivity contribution is 1.11. The number of hydrogen-bond acceptors (Lipinski definition) is 5. The maximum absolute atomic E-state index is 9.00. The minimum atomic E-state index is 0.489. The van der Waals surface area contributed by atoms with Crippen molar-refractivity contribution >= 4 is 23.1 Å². The van der Waals surface area contributed by atoms with Gasteiger partial charge in [-0.15, -0.1) is 0 Å². The van der Waals surface area contributed by atoms with Gasteiger partial charge in [0.25, 0.3) is 0 Å². The Morgan fingerprint density at radius 2 is 1.76 bits per heavy atom. The Hall–Kier alpha value is -3.39. The van der Waals surface area contributed by atoms with Crippen LogP contribution in [0.5, 0.6) is 0 Å². The summed E-state index contributed by atoms with van der Waals surface area (Å²) in [6.45, 7) is 4.05. The van der Waals surface area contributed by atoms with E-state index >= 15 is 0 Å². The first kappa shape index (κ1) is 16.5. The number of aryl methyl sites for hydroxylation is 2. The zero-order valence-corrected chi connectivity index (χ0v) is 14.2. The van der Waals surface area contributed by atoms with Gasteiger partial charge in [0.1, 0.15) is 5.82 Å². The summed E-state index contributed by atoms with van der Waals surface area (Å²) in [5.74, 6) is 1.21. The molecule has 5 heteroatoms. The Morgan fingerprint density at radius 3 is 2.48 bits per heavy atom. The van der Waals surface area contributed by atoms with Gasteiger partial charge in [0.05, 0.1) is 11.6 Å². The highest BCUT2D eigenvalue weighted by Gasteiger charge is 2.04. The second kappa shape index (κ2) is 7.45. The molecule has 1 heterocycles. The molecule has 124 valence electrons. The molecule has 0 amide bonds. The molecule has 0 aliphatic heterocycles. The van der Waals surface area contributed by atoms with E-state index in [0.29, 0.717) is 11.5 Å². The molecule has 0 bridgehead atoms. The first-order valence-corrected chi connectivity index (χ1v) is 8.15. The molecule has 2 aromatic carbocycles. The lowest BCUT2D eigenvalue weighted by atomic mass is 10.1. The van der Waals surface area contributed by atoms with Gasteiger partial charge in [-0.25, -0.2) is 4.98 Å². The number of nitrogens with zero attached hydrogens (tertiary/aromatic N) is 3. The van der Waals surface area contributed by atoms with Crippen molar-refractivity contribution in [3.05, 3.63) is 71.4 Å². The molecule has 2 N–H and O–H groups in total. The average Bonchev–Trinajstić information content (AvgIpc) is 2.62. The zero-order valence-electron chi connectivity index (χ0n) is 14.2. The maximum Gasteiger partial charge on any atom is 0.229 e. The third kappa shape index (κ3) is 4.33. The van der Waals surface area contributed by atoms with Crippen molar-refractivity contribution in [2.75, 3.05) is 10.6 Å². The van der Waals surface area contributed by atoms with E-state index in [1.54, 1.807) is 12.1 Å². The lowest BCUT2D eigenvalue weighted by Crippen LogP contribution is -2.02. The van der Waals surface area contributed by atoms with Gasteiger partial charge in [0, 0.05) is 23.1 Å². The third-order valence-corrected chi connectivity index (χ3v) is 3.74. The first-order valence-electron chi connectivity index (χ1n) is 8.15. The number of nitrogens with one attached hydrogen (secondary N) is 2. The molecule has 3 aromatic rings. The van der Waals surface area contributed by atoms with Gasteiger partial charge >= 0.3 is 0 Å². The second-order valence-electron chi connectivity index (χ2n) is 5.71. The van der Waals surface area contributed by atoms with Crippen molar-refractivity contribution in [1.82, 2.24) is 9.97 Å². The highest BCUT2D eigenvalue weighted by Crippen LogP contribution is 2.20. The van der Waals surface area contributed by atoms with Gasteiger partial charge in [0.2, 0.25) is 5.95 Å². The molecule has 0 radical (unpaired) electrons. The Bertz CT molecular complexity index is 910. The van der Waals surface area contributed by atoms with Gasteiger partial charge in [-0.2, -0.15) is 10.2 Å². The Balaban J connectivity index is 1.80. The van der Waals surface area contributed by atoms with Gasteiger partial charge in [-0.3, -0.25) is 0 Å². The van der Waals surface area contributed by atoms with Crippen molar-refractivity contribution < 1.29 is 0 Å². The average molecular weight is 329 g/mol. The van der Waals surface area contributed by atoms with Crippen LogP contribution < -0.4 is 10.6 Å². The fourth-order valence-electron chi connectivity index (χ4n) is 2.46. The zero-order chi connectivity index (χ0) is 17.6. The van der Waals surface area contributed by atoms with Crippen LogP contribution in [0.3, 0.4) is 0 Å². The summed E-state index contributed by atoms with van der Waals surface area (Å²) in [6.07, 6.45) is 1.02. The molecule has 1 aromatic heterocycles. The van der Waals surface area contributed by atoms with Crippen LogP contribution in [0.2, 0.25) is 0 Å². The van der Waals surface area contributed by atoms with Crippen LogP contribution >= 0.6 is 0 Å². The van der Waals surface area contributed by atoms with Crippen molar-refractivity contribution in [3.8, 4) is 6.07 Å². The molecule has 0 saturated heterocycles. The molecule has 0 aliphatic carbocycles. The van der Waals surface area contributed by atoms with Crippen LogP contribution in [-0.4, -0.2) is 9.97 Å². The molecular formula is C20H19N5. The number of nitriles is 1. The summed E-state index contributed by atoms with van der Waals surface area (Å²) in [4.78, 5) is 8.91. The van der Waals surface area contributed by atoms with E-state index in [4.69, 9.17) is 5.26 Å². The Morgan fingerprint density at radius 1 is 0.960 bits per heavy atom. The fourth-order valence-corrected chi connectivity index (χ4v) is 2.46. The SMILES string of the molecule is CCc1ccc(Nc2cc(C)nc(Nc3cccc(C#N)c3)n2)cc1. The number of rotatable bonds is 5. The number of benzene rings is 2. The van der Waals surface area contributed by atoms with Gasteiger partial charge < -0.3 is 10.6 Å². The van der Waals surface area contributed by atoms with Crippen LogP contribution in [0.15, 0.2) is 54.6 Å². The molecule has 3 rings (SSSR count). The van der Waals surface area contributed by atoms with Crippen LogP contribution in [-0.2, 0) is 6.42 Å². The Labute approximate surface area is 147 Å². The normalized spacial score (nSPS) is 10.1. The fraction of sp³-hybridized carbons (Fsp3) is 0.150. The molecule has 5 nitrogen and oxygen atoms in total. The third-order valence-electron chi connectivity index (χ3n) is 3.74. The molecule has 0 atom stereocenters. The Kier molecular flexibility index (Phi) is 4.91. The van der Waals surface area contributed by atoms with Crippen molar-refractivity contribution in [2.45, 2.75) is 20.3 Å². The van der Waals surface area contributed by atoms with Crippen molar-refractivity contribution in [1.29, 1.82) is 5.26 Å². The highest BCUT2D eigenvalue weighted by molar-refractivity contribution is 5.61. The predicted octanol–water partition coefficient (Wildman–Crippen LogP) is 4.71. The predicted molar refractivity (Wildman–Crippen MR) is 100 cm³/mol. The first-order chi connectivity index (χ1) is 12.2. The molecule has 0 spiro atoms. The summed E-state index contributed by atoms with van der Waals surface area (Å²) in [5.41, 5.74) is 4.49. The van der Waals surface area contributed by atoms with E-state index in [9.17, 15) is 0 Å². The quantitative estimate of drug-likeness (QED) is 0.709. The van der Waals surface area contributed by atoms with Crippen LogP contribution in [0.1, 0.15) is 23.7 Å². The van der Waals surface area contributed by atoms with E-state index < -0.39 is 0 Å². The number of anilines is 4. The van der Waals surface area contributed by atoms with E-state index in [2.05, 4.69) is 45.7 Å². The summed E-state index contributed by atoms with van der Waals surface area (Å²) >= 11 is 0. The highest BCUT2D eigenvalue weighted by atomic mass is 15.1. The van der Waals surface area contributed by atoms with Crippen molar-refractivity contribution in [2.24, 2.45) is 0 Å². The summed E-state index contributed by atoms with van der Waals surface area (Å²) in [6, 6.07) is 19.5. The molecule has 0 fully saturated rings. The second-order valence-corrected chi connectivity index (χ2v) is 5.71. The molecule has 25 heavy (non-hydrogen) atoms. The standard InChI is InChI=1S/C20H19N5/c1-3-15-7-9-17(10-8-15)23-19-11-14(2)22-20(25-19)24-18-6-4-5-16(12-18)13-21/h4-12H,3H2,1-2H3,(H2,22,23,24,25). The number of aromatic nitrogens is 2. The molecular weight excluding hydrogens is 310 g/mol. The minimum absolute atomic E-state index is 0.489. The van der Waals surface area contributed by atoms with Crippen molar-refractivity contribution in [3.63, 3.8) is 0 Å². The molecule has 0 unspecified atom stereocenters. The molecule has 0 aliphatic rings. The summed E-state index contributed by atoms with van der Waals surface area (Å²) in [7, 11) is 0. The molecule has 0 saturated carbocycles. The van der Waals surface area contributed by atoms with Crippen LogP contribution in [0.4, 0.5) is 23.1 Å². The van der Waals surface area contributed by atoms with Gasteiger partial charge in [-0.1, -0.05) is 25.1 Å². The van der Waals surface area contributed by atoms with E-state index in [1.165, 1.54) is 5.56 Å². The van der Waals surface area contributed by atoms with Crippen LogP contribution in [0.25, 0.3) is 0 Å². The largest absolute Gasteiger partial charge is 0.340 e. The van der Waals surface area contributed by atoms with E-state index in [-0.39, 0.29) is 0 Å². The monoisotopic (exact) mass is 329 g/mol. The summed E-state index contributed by atoms with van der Waals surface area (Å²) in [5, 5.41) is 15.5. The summed E-state index contributed by atoms with van der Waals surface area (Å²) < 4.78 is 0. The smallest absolute Gasteiger partial charge is 0.229 e. The van der Waals surface area contributed by atoms with Gasteiger partial charge in [0.15, 0.2) is 0 Å². The number of hydrogen-bond donors (Lipinski definition) is 2.